The van der Waals surface area contributed by atoms with Crippen molar-refractivity contribution in [3.63, 3.8) is 0 Å². The summed E-state index contributed by atoms with van der Waals surface area (Å²) in [6.07, 6.45) is 0.674. The third-order valence-corrected chi connectivity index (χ3v) is 3.91. The van der Waals surface area contributed by atoms with Crippen LogP contribution in [0.5, 0.6) is 0 Å². The Morgan fingerprint density at radius 2 is 1.82 bits per heavy atom. The molecule has 1 N–H and O–H groups in total. The molecule has 1 aliphatic heterocycles. The van der Waals surface area contributed by atoms with E-state index >= 15 is 0 Å². The second kappa shape index (κ2) is 5.15. The van der Waals surface area contributed by atoms with Crippen LogP contribution < -0.4 is 11.1 Å². The highest BCUT2D eigenvalue weighted by Crippen LogP contribution is 2.24. The fourth-order valence-electron chi connectivity index (χ4n) is 2.75. The summed E-state index contributed by atoms with van der Waals surface area (Å²) in [4.78, 5) is 12.2. The van der Waals surface area contributed by atoms with Gasteiger partial charge in [-0.1, -0.05) is 48.5 Å². The summed E-state index contributed by atoms with van der Waals surface area (Å²) >= 11 is 0. The molecule has 4 heteroatoms. The molecule has 0 aliphatic carbocycles. The number of para-hydroxylation sites is 1. The van der Waals surface area contributed by atoms with Crippen LogP contribution >= 0.6 is 0 Å². The van der Waals surface area contributed by atoms with Crippen LogP contribution in [0.4, 0.5) is 0 Å². The van der Waals surface area contributed by atoms with Crippen molar-refractivity contribution >= 4 is 16.7 Å². The zero-order valence-electron chi connectivity index (χ0n) is 11.8. The number of benzene rings is 2. The van der Waals surface area contributed by atoms with Crippen molar-refractivity contribution in [2.24, 2.45) is 5.10 Å². The number of nitrogens with one attached hydrogen (secondary N) is 1. The molecule has 0 saturated carbocycles. The quantitative estimate of drug-likeness (QED) is 0.737. The Kier molecular flexibility index (Phi) is 3.00. The molecule has 0 spiro atoms. The van der Waals surface area contributed by atoms with Gasteiger partial charge in [0.1, 0.15) is 5.58 Å². The number of rotatable bonds is 2. The van der Waals surface area contributed by atoms with Gasteiger partial charge in [-0.3, -0.25) is 0 Å². The minimum Gasteiger partial charge on any atom is -0.422 e. The second-order valence-electron chi connectivity index (χ2n) is 5.34. The van der Waals surface area contributed by atoms with Crippen LogP contribution in [0.2, 0.25) is 0 Å². The predicted octanol–water partition coefficient (Wildman–Crippen LogP) is 3.23. The monoisotopic (exact) mass is 290 g/mol. The highest BCUT2D eigenvalue weighted by Gasteiger charge is 2.23. The summed E-state index contributed by atoms with van der Waals surface area (Å²) in [6, 6.07) is 19.5. The van der Waals surface area contributed by atoms with Gasteiger partial charge in [0.05, 0.1) is 17.3 Å². The van der Waals surface area contributed by atoms with Crippen LogP contribution in [0.1, 0.15) is 23.6 Å². The highest BCUT2D eigenvalue weighted by molar-refractivity contribution is 6.03. The number of hydrazone groups is 1. The van der Waals surface area contributed by atoms with Gasteiger partial charge in [-0.05, 0) is 17.7 Å². The third-order valence-electron chi connectivity index (χ3n) is 3.91. The lowest BCUT2D eigenvalue weighted by Gasteiger charge is -2.09. The van der Waals surface area contributed by atoms with Crippen LogP contribution in [0, 0.1) is 0 Å². The first-order chi connectivity index (χ1) is 10.8. The molecule has 108 valence electrons. The largest absolute Gasteiger partial charge is 0.422 e. The molecule has 2 heterocycles. The smallest absolute Gasteiger partial charge is 0.345 e. The average molecular weight is 290 g/mol. The molecule has 1 atom stereocenters. The summed E-state index contributed by atoms with van der Waals surface area (Å²) in [5.74, 6) is 0. The Bertz CT molecular complexity index is 913. The molecule has 4 nitrogen and oxygen atoms in total. The molecule has 1 aromatic heterocycles. The third kappa shape index (κ3) is 2.19. The van der Waals surface area contributed by atoms with Gasteiger partial charge in [0.15, 0.2) is 0 Å². The van der Waals surface area contributed by atoms with Gasteiger partial charge in [0, 0.05) is 11.8 Å². The van der Waals surface area contributed by atoms with Gasteiger partial charge in [0.25, 0.3) is 0 Å². The first-order valence-electron chi connectivity index (χ1n) is 7.21. The molecular weight excluding hydrogens is 276 g/mol. The van der Waals surface area contributed by atoms with Crippen molar-refractivity contribution in [2.45, 2.75) is 12.5 Å². The van der Waals surface area contributed by atoms with E-state index in [1.54, 1.807) is 6.07 Å². The first-order valence-corrected chi connectivity index (χ1v) is 7.21. The maximum absolute atomic E-state index is 12.2. The minimum absolute atomic E-state index is 0.0991. The standard InChI is InChI=1S/C18H14N2O2/c21-18-14(10-13-8-4-5-9-17(13)22-18)16-11-15(19-20-16)12-6-2-1-3-7-12/h1-10,15,19H,11H2/t15-/m1/s1. The Labute approximate surface area is 127 Å². The molecule has 0 unspecified atom stereocenters. The lowest BCUT2D eigenvalue weighted by atomic mass is 9.99. The van der Waals surface area contributed by atoms with Gasteiger partial charge in [-0.15, -0.1) is 0 Å². The van der Waals surface area contributed by atoms with Crippen LogP contribution in [0.25, 0.3) is 11.0 Å². The maximum atomic E-state index is 12.2. The molecule has 0 saturated heterocycles. The van der Waals surface area contributed by atoms with Crippen molar-refractivity contribution in [1.82, 2.24) is 5.43 Å². The summed E-state index contributed by atoms with van der Waals surface area (Å²) in [6.45, 7) is 0. The van der Waals surface area contributed by atoms with Crippen molar-refractivity contribution in [3.8, 4) is 0 Å². The van der Waals surface area contributed by atoms with E-state index in [0.717, 1.165) is 16.7 Å². The SMILES string of the molecule is O=c1oc2ccccc2cc1C1=NN[C@@H](c2ccccc2)C1. The number of hydrogen-bond acceptors (Lipinski definition) is 4. The lowest BCUT2D eigenvalue weighted by Crippen LogP contribution is -2.14. The molecule has 0 fully saturated rings. The van der Waals surface area contributed by atoms with Gasteiger partial charge >= 0.3 is 5.63 Å². The molecule has 2 aromatic carbocycles. The molecule has 1 aliphatic rings. The van der Waals surface area contributed by atoms with Gasteiger partial charge in [0.2, 0.25) is 0 Å². The summed E-state index contributed by atoms with van der Waals surface area (Å²) in [7, 11) is 0. The van der Waals surface area contributed by atoms with E-state index in [4.69, 9.17) is 4.42 Å². The van der Waals surface area contributed by atoms with Crippen molar-refractivity contribution in [3.05, 3.63) is 82.2 Å². The van der Waals surface area contributed by atoms with Crippen molar-refractivity contribution < 1.29 is 4.42 Å². The Balaban J connectivity index is 1.69. The number of fused-ring (bicyclic) bond motifs is 1. The fourth-order valence-corrected chi connectivity index (χ4v) is 2.75. The van der Waals surface area contributed by atoms with Gasteiger partial charge in [-0.25, -0.2) is 4.79 Å². The van der Waals surface area contributed by atoms with Crippen LogP contribution in [0.15, 0.2) is 75.0 Å². The topological polar surface area (TPSA) is 54.6 Å². The van der Waals surface area contributed by atoms with E-state index in [9.17, 15) is 4.79 Å². The number of nitrogens with zero attached hydrogens (tertiary/aromatic N) is 1. The van der Waals surface area contributed by atoms with Gasteiger partial charge in [-0.2, -0.15) is 5.10 Å². The van der Waals surface area contributed by atoms with E-state index < -0.39 is 0 Å². The Morgan fingerprint density at radius 1 is 1.05 bits per heavy atom. The van der Waals surface area contributed by atoms with Crippen LogP contribution in [-0.2, 0) is 0 Å². The van der Waals surface area contributed by atoms with E-state index in [2.05, 4.69) is 22.7 Å². The fraction of sp³-hybridized carbons (Fsp3) is 0.111. The maximum Gasteiger partial charge on any atom is 0.345 e. The minimum atomic E-state index is -0.340. The first kappa shape index (κ1) is 12.8. The molecule has 0 amide bonds. The zero-order chi connectivity index (χ0) is 14.9. The molecule has 4 rings (SSSR count). The Hall–Kier alpha value is -2.88. The highest BCUT2D eigenvalue weighted by atomic mass is 16.4. The molecule has 0 radical (unpaired) electrons. The number of hydrogen-bond donors (Lipinski definition) is 1. The normalized spacial score (nSPS) is 17.3. The van der Waals surface area contributed by atoms with E-state index in [-0.39, 0.29) is 11.7 Å². The lowest BCUT2D eigenvalue weighted by molar-refractivity contribution is 0.559. The average Bonchev–Trinajstić information content (AvgIpc) is 3.05. The zero-order valence-corrected chi connectivity index (χ0v) is 11.8. The van der Waals surface area contributed by atoms with E-state index in [0.29, 0.717) is 17.6 Å². The molecule has 22 heavy (non-hydrogen) atoms. The van der Waals surface area contributed by atoms with Crippen molar-refractivity contribution in [1.29, 1.82) is 0 Å². The van der Waals surface area contributed by atoms with Crippen molar-refractivity contribution in [2.75, 3.05) is 0 Å². The van der Waals surface area contributed by atoms with Crippen LogP contribution in [0.3, 0.4) is 0 Å². The molecule has 3 aromatic rings. The summed E-state index contributed by atoms with van der Waals surface area (Å²) < 4.78 is 5.38. The van der Waals surface area contributed by atoms with E-state index in [1.807, 2.05) is 42.5 Å². The van der Waals surface area contributed by atoms with Crippen LogP contribution in [-0.4, -0.2) is 5.71 Å². The Morgan fingerprint density at radius 3 is 2.68 bits per heavy atom. The second-order valence-corrected chi connectivity index (χ2v) is 5.34. The molecule has 0 bridgehead atoms. The summed E-state index contributed by atoms with van der Waals surface area (Å²) in [5, 5.41) is 5.24. The predicted molar refractivity (Wildman–Crippen MR) is 86.0 cm³/mol. The van der Waals surface area contributed by atoms with E-state index in [1.165, 1.54) is 0 Å². The van der Waals surface area contributed by atoms with Gasteiger partial charge < -0.3 is 9.84 Å². The summed E-state index contributed by atoms with van der Waals surface area (Å²) in [5.41, 5.74) is 5.80. The molecular formula is C18H14N2O2.